The van der Waals surface area contributed by atoms with Crippen LogP contribution in [0.5, 0.6) is 11.5 Å². The standard InChI is InChI=1S/C32H27NO3/c34-31-27-17-18-29-28(21-33(22-35-29)19-7-10-23-8-3-1-4-9-23)32(27)36-30(31)20-24-13-15-26(16-14-24)25-11-5-2-6-12-25/h1-6,8-9,11-18,20H,7,10,19,21-22H2/b30-20-. The van der Waals surface area contributed by atoms with Crippen molar-refractivity contribution in [1.29, 1.82) is 0 Å². The van der Waals surface area contributed by atoms with Gasteiger partial charge in [-0.05, 0) is 53.3 Å². The van der Waals surface area contributed by atoms with Crippen LogP contribution in [0.1, 0.15) is 33.5 Å². The van der Waals surface area contributed by atoms with Gasteiger partial charge in [-0.3, -0.25) is 9.69 Å². The highest BCUT2D eigenvalue weighted by Crippen LogP contribution is 2.42. The molecule has 36 heavy (non-hydrogen) atoms. The van der Waals surface area contributed by atoms with Crippen molar-refractivity contribution in [3.05, 3.63) is 125 Å². The Balaban J connectivity index is 1.17. The second-order valence-electron chi connectivity index (χ2n) is 9.26. The number of benzene rings is 4. The summed E-state index contributed by atoms with van der Waals surface area (Å²) in [5, 5.41) is 0. The average molecular weight is 474 g/mol. The highest BCUT2D eigenvalue weighted by atomic mass is 16.5. The van der Waals surface area contributed by atoms with Gasteiger partial charge in [0.2, 0.25) is 5.78 Å². The third-order valence-corrected chi connectivity index (χ3v) is 6.78. The molecule has 4 aromatic carbocycles. The first-order chi connectivity index (χ1) is 17.7. The van der Waals surface area contributed by atoms with Crippen molar-refractivity contribution in [2.24, 2.45) is 0 Å². The fourth-order valence-corrected chi connectivity index (χ4v) is 4.85. The summed E-state index contributed by atoms with van der Waals surface area (Å²) < 4.78 is 12.2. The van der Waals surface area contributed by atoms with E-state index in [2.05, 4.69) is 53.4 Å². The first-order valence-corrected chi connectivity index (χ1v) is 12.4. The highest BCUT2D eigenvalue weighted by Gasteiger charge is 2.33. The van der Waals surface area contributed by atoms with E-state index in [9.17, 15) is 4.79 Å². The molecule has 0 saturated heterocycles. The van der Waals surface area contributed by atoms with Crippen LogP contribution in [0.4, 0.5) is 0 Å². The number of fused-ring (bicyclic) bond motifs is 3. The number of ether oxygens (including phenoxy) is 2. The molecule has 0 aromatic heterocycles. The van der Waals surface area contributed by atoms with Gasteiger partial charge in [0.1, 0.15) is 18.2 Å². The molecule has 0 saturated carbocycles. The fraction of sp³-hybridized carbons (Fsp3) is 0.156. The Hall–Kier alpha value is -4.15. The minimum Gasteiger partial charge on any atom is -0.478 e. The molecule has 2 aliphatic rings. The minimum atomic E-state index is -0.0823. The lowest BCUT2D eigenvalue weighted by atomic mass is 10.0. The number of hydrogen-bond donors (Lipinski definition) is 0. The van der Waals surface area contributed by atoms with E-state index >= 15 is 0 Å². The van der Waals surface area contributed by atoms with Crippen molar-refractivity contribution in [2.45, 2.75) is 19.4 Å². The molecule has 2 heterocycles. The first kappa shape index (κ1) is 22.3. The molecule has 0 amide bonds. The zero-order valence-corrected chi connectivity index (χ0v) is 20.0. The number of nitrogens with zero attached hydrogens (tertiary/aromatic N) is 1. The lowest BCUT2D eigenvalue weighted by Crippen LogP contribution is -2.33. The van der Waals surface area contributed by atoms with E-state index in [4.69, 9.17) is 9.47 Å². The Kier molecular flexibility index (Phi) is 6.10. The molecule has 0 aliphatic carbocycles. The van der Waals surface area contributed by atoms with Crippen molar-refractivity contribution in [3.8, 4) is 22.6 Å². The predicted octanol–water partition coefficient (Wildman–Crippen LogP) is 6.75. The van der Waals surface area contributed by atoms with Crippen LogP contribution in [-0.2, 0) is 13.0 Å². The fourth-order valence-electron chi connectivity index (χ4n) is 4.85. The van der Waals surface area contributed by atoms with E-state index in [0.717, 1.165) is 47.4 Å². The summed E-state index contributed by atoms with van der Waals surface area (Å²) in [4.78, 5) is 15.4. The first-order valence-electron chi connectivity index (χ1n) is 12.4. The number of Topliss-reactive ketones (excluding diaryl/α,β-unsaturated/α-hetero) is 1. The van der Waals surface area contributed by atoms with E-state index in [1.807, 2.05) is 54.6 Å². The molecule has 0 fully saturated rings. The lowest BCUT2D eigenvalue weighted by Gasteiger charge is -2.29. The molecule has 6 rings (SSSR count). The average Bonchev–Trinajstić information content (AvgIpc) is 3.25. The van der Waals surface area contributed by atoms with Crippen molar-refractivity contribution >= 4 is 11.9 Å². The van der Waals surface area contributed by atoms with E-state index in [-0.39, 0.29) is 5.78 Å². The SMILES string of the molecule is O=C1/C(=C/c2ccc(-c3ccccc3)cc2)Oc2c1ccc1c2CN(CCCc2ccccc2)CO1. The van der Waals surface area contributed by atoms with Crippen LogP contribution in [0.25, 0.3) is 17.2 Å². The van der Waals surface area contributed by atoms with Gasteiger partial charge in [0, 0.05) is 13.1 Å². The number of allylic oxidation sites excluding steroid dienone is 1. The molecule has 2 aliphatic heterocycles. The van der Waals surface area contributed by atoms with E-state index in [1.165, 1.54) is 5.56 Å². The summed E-state index contributed by atoms with van der Waals surface area (Å²) in [6.45, 7) is 2.17. The highest BCUT2D eigenvalue weighted by molar-refractivity contribution is 6.15. The molecule has 178 valence electrons. The Morgan fingerprint density at radius 3 is 2.31 bits per heavy atom. The number of hydrogen-bond acceptors (Lipinski definition) is 4. The summed E-state index contributed by atoms with van der Waals surface area (Å²) in [5.74, 6) is 1.71. The number of aryl methyl sites for hydroxylation is 1. The number of carbonyl (C=O) groups is 1. The Labute approximate surface area is 211 Å². The molecule has 0 bridgehead atoms. The molecule has 0 unspecified atom stereocenters. The smallest absolute Gasteiger partial charge is 0.231 e. The number of carbonyl (C=O) groups excluding carboxylic acids is 1. The molecule has 4 heteroatoms. The van der Waals surface area contributed by atoms with Gasteiger partial charge in [-0.2, -0.15) is 0 Å². The van der Waals surface area contributed by atoms with Gasteiger partial charge in [-0.25, -0.2) is 0 Å². The van der Waals surface area contributed by atoms with Crippen LogP contribution >= 0.6 is 0 Å². The van der Waals surface area contributed by atoms with E-state index in [0.29, 0.717) is 30.3 Å². The predicted molar refractivity (Wildman–Crippen MR) is 142 cm³/mol. The van der Waals surface area contributed by atoms with Crippen molar-refractivity contribution in [2.75, 3.05) is 13.3 Å². The van der Waals surface area contributed by atoms with Gasteiger partial charge in [0.05, 0.1) is 11.1 Å². The Morgan fingerprint density at radius 2 is 1.53 bits per heavy atom. The number of ketones is 1. The van der Waals surface area contributed by atoms with Gasteiger partial charge in [0.25, 0.3) is 0 Å². The van der Waals surface area contributed by atoms with Gasteiger partial charge in [-0.1, -0.05) is 84.9 Å². The monoisotopic (exact) mass is 473 g/mol. The largest absolute Gasteiger partial charge is 0.478 e. The quantitative estimate of drug-likeness (QED) is 0.290. The topological polar surface area (TPSA) is 38.8 Å². The molecule has 0 radical (unpaired) electrons. The van der Waals surface area contributed by atoms with Crippen molar-refractivity contribution < 1.29 is 14.3 Å². The molecule has 4 aromatic rings. The normalized spacial score (nSPS) is 15.8. The van der Waals surface area contributed by atoms with Crippen LogP contribution in [0.2, 0.25) is 0 Å². The van der Waals surface area contributed by atoms with Gasteiger partial charge >= 0.3 is 0 Å². The third-order valence-electron chi connectivity index (χ3n) is 6.78. The zero-order valence-electron chi connectivity index (χ0n) is 20.0. The summed E-state index contributed by atoms with van der Waals surface area (Å²) in [5.41, 5.74) is 6.14. The van der Waals surface area contributed by atoms with Crippen LogP contribution < -0.4 is 9.47 Å². The maximum Gasteiger partial charge on any atom is 0.231 e. The number of rotatable bonds is 6. The van der Waals surface area contributed by atoms with Crippen molar-refractivity contribution in [1.82, 2.24) is 4.90 Å². The van der Waals surface area contributed by atoms with Crippen LogP contribution in [-0.4, -0.2) is 24.0 Å². The molecule has 4 nitrogen and oxygen atoms in total. The lowest BCUT2D eigenvalue weighted by molar-refractivity contribution is 0.0928. The van der Waals surface area contributed by atoms with Gasteiger partial charge in [0.15, 0.2) is 5.76 Å². The van der Waals surface area contributed by atoms with Gasteiger partial charge in [-0.15, -0.1) is 0 Å². The summed E-state index contributed by atoms with van der Waals surface area (Å²) in [6, 6.07) is 32.7. The third kappa shape index (κ3) is 4.56. The summed E-state index contributed by atoms with van der Waals surface area (Å²) in [6.07, 6.45) is 3.90. The maximum atomic E-state index is 13.1. The van der Waals surface area contributed by atoms with E-state index < -0.39 is 0 Å². The molecule has 0 atom stereocenters. The molecule has 0 N–H and O–H groups in total. The van der Waals surface area contributed by atoms with Crippen LogP contribution in [0, 0.1) is 0 Å². The van der Waals surface area contributed by atoms with Crippen LogP contribution in [0.15, 0.2) is 103 Å². The summed E-state index contributed by atoms with van der Waals surface area (Å²) >= 11 is 0. The maximum absolute atomic E-state index is 13.1. The summed E-state index contributed by atoms with van der Waals surface area (Å²) in [7, 11) is 0. The molecular formula is C32H27NO3. The van der Waals surface area contributed by atoms with Gasteiger partial charge < -0.3 is 9.47 Å². The van der Waals surface area contributed by atoms with Crippen LogP contribution in [0.3, 0.4) is 0 Å². The Bertz CT molecular complexity index is 1410. The molecular weight excluding hydrogens is 446 g/mol. The van der Waals surface area contributed by atoms with E-state index in [1.54, 1.807) is 0 Å². The van der Waals surface area contributed by atoms with Crippen molar-refractivity contribution in [3.63, 3.8) is 0 Å². The minimum absolute atomic E-state index is 0.0823. The second-order valence-corrected chi connectivity index (χ2v) is 9.26. The zero-order chi connectivity index (χ0) is 24.3. The molecule has 0 spiro atoms. The Morgan fingerprint density at radius 1 is 0.806 bits per heavy atom. The second kappa shape index (κ2) is 9.84.